The molecule has 0 atom stereocenters. The van der Waals surface area contributed by atoms with Gasteiger partial charge < -0.3 is 0 Å². The second-order valence-corrected chi connectivity index (χ2v) is 1.81. The first-order chi connectivity index (χ1) is 2.81. The summed E-state index contributed by atoms with van der Waals surface area (Å²) >= 11 is 7.87. The number of thiol groups is 2. The summed E-state index contributed by atoms with van der Waals surface area (Å²) in [7, 11) is 0. The lowest BCUT2D eigenvalue weighted by Crippen LogP contribution is -1.57. The van der Waals surface area contributed by atoms with E-state index in [2.05, 4.69) is 25.3 Å². The van der Waals surface area contributed by atoms with Gasteiger partial charge in [0.2, 0.25) is 0 Å². The summed E-state index contributed by atoms with van der Waals surface area (Å²) in [5.74, 6) is 0. The first-order valence-corrected chi connectivity index (χ1v) is 2.79. The van der Waals surface area contributed by atoms with Gasteiger partial charge in [0.25, 0.3) is 0 Å². The molecule has 0 spiro atoms. The van der Waals surface area contributed by atoms with Gasteiger partial charge >= 0.3 is 0 Å². The van der Waals surface area contributed by atoms with Crippen LogP contribution in [0.2, 0.25) is 0 Å². The number of hydrogen-bond acceptors (Lipinski definition) is 2. The molecule has 0 aromatic heterocycles. The molecule has 36 valence electrons. The van der Waals surface area contributed by atoms with Crippen LogP contribution in [0.1, 0.15) is 13.3 Å². The summed E-state index contributed by atoms with van der Waals surface area (Å²) in [6.07, 6.45) is 0.979. The third-order valence-corrected chi connectivity index (χ3v) is 1.47. The van der Waals surface area contributed by atoms with Gasteiger partial charge in [-0.2, -0.15) is 12.6 Å². The topological polar surface area (TPSA) is 0 Å². The van der Waals surface area contributed by atoms with E-state index in [9.17, 15) is 0 Å². The van der Waals surface area contributed by atoms with Crippen molar-refractivity contribution < 1.29 is 0 Å². The molecule has 0 aliphatic rings. The van der Waals surface area contributed by atoms with Crippen LogP contribution in [-0.2, 0) is 0 Å². The fourth-order valence-electron chi connectivity index (χ4n) is 0.0913. The minimum atomic E-state index is 0.979. The predicted octanol–water partition coefficient (Wildman–Crippen LogP) is 2.10. The van der Waals surface area contributed by atoms with Crippen LogP contribution < -0.4 is 0 Å². The van der Waals surface area contributed by atoms with E-state index in [1.807, 2.05) is 6.92 Å². The first kappa shape index (κ1) is 6.44. The molecule has 0 saturated carbocycles. The lowest BCUT2D eigenvalue weighted by molar-refractivity contribution is 1.21. The molecule has 0 radical (unpaired) electrons. The smallest absolute Gasteiger partial charge is 0.0127 e. The maximum absolute atomic E-state index is 4.01. The molecule has 0 fully saturated rings. The van der Waals surface area contributed by atoms with E-state index in [0.717, 1.165) is 11.3 Å². The van der Waals surface area contributed by atoms with E-state index in [1.54, 1.807) is 5.41 Å². The van der Waals surface area contributed by atoms with Crippen molar-refractivity contribution in [2.24, 2.45) is 0 Å². The molecule has 0 rings (SSSR count). The molecular formula is C4H8S2. The van der Waals surface area contributed by atoms with Gasteiger partial charge in [-0.1, -0.05) is 6.92 Å². The number of hydrogen-bond donors (Lipinski definition) is 2. The van der Waals surface area contributed by atoms with Crippen LogP contribution in [0.4, 0.5) is 0 Å². The van der Waals surface area contributed by atoms with Gasteiger partial charge in [-0.25, -0.2) is 0 Å². The summed E-state index contributed by atoms with van der Waals surface area (Å²) in [6.45, 7) is 2.04. The van der Waals surface area contributed by atoms with Gasteiger partial charge in [0.1, 0.15) is 0 Å². The van der Waals surface area contributed by atoms with Gasteiger partial charge in [-0.3, -0.25) is 0 Å². The Balaban J connectivity index is 3.22. The highest BCUT2D eigenvalue weighted by molar-refractivity contribution is 7.87. The lowest BCUT2D eigenvalue weighted by atomic mass is 10.5. The Hall–Kier alpha value is 0.440. The minimum absolute atomic E-state index is 0.979. The normalized spacial score (nSPS) is 12.2. The van der Waals surface area contributed by atoms with Crippen LogP contribution in [-0.4, -0.2) is 0 Å². The fraction of sp³-hybridized carbons (Fsp3) is 0.500. The summed E-state index contributed by atoms with van der Waals surface area (Å²) in [6, 6.07) is 0. The van der Waals surface area contributed by atoms with Gasteiger partial charge in [0.05, 0.1) is 0 Å². The molecule has 0 aliphatic carbocycles. The highest BCUT2D eigenvalue weighted by atomic mass is 32.1. The molecule has 0 aromatic carbocycles. The van der Waals surface area contributed by atoms with Crippen molar-refractivity contribution in [1.29, 1.82) is 0 Å². The van der Waals surface area contributed by atoms with Crippen LogP contribution in [0.3, 0.4) is 0 Å². The van der Waals surface area contributed by atoms with Crippen molar-refractivity contribution in [1.82, 2.24) is 0 Å². The Labute approximate surface area is 49.5 Å². The SMILES string of the molecule is CC/C(S)=C/S. The summed E-state index contributed by atoms with van der Waals surface area (Å²) < 4.78 is 0. The second kappa shape index (κ2) is 3.62. The molecule has 0 aliphatic heterocycles. The van der Waals surface area contributed by atoms with E-state index in [1.165, 1.54) is 0 Å². The average Bonchev–Trinajstić information content (AvgIpc) is 1.65. The van der Waals surface area contributed by atoms with Gasteiger partial charge in [0, 0.05) is 0 Å². The van der Waals surface area contributed by atoms with E-state index >= 15 is 0 Å². The Morgan fingerprint density at radius 2 is 2.33 bits per heavy atom. The van der Waals surface area contributed by atoms with Gasteiger partial charge in [0.15, 0.2) is 0 Å². The van der Waals surface area contributed by atoms with Crippen molar-refractivity contribution in [3.8, 4) is 0 Å². The zero-order valence-corrected chi connectivity index (χ0v) is 5.47. The number of rotatable bonds is 1. The van der Waals surface area contributed by atoms with Crippen LogP contribution >= 0.6 is 25.3 Å². The van der Waals surface area contributed by atoms with Crippen molar-refractivity contribution in [3.05, 3.63) is 10.3 Å². The van der Waals surface area contributed by atoms with E-state index in [4.69, 9.17) is 0 Å². The molecule has 0 N–H and O–H groups in total. The molecule has 2 heteroatoms. The van der Waals surface area contributed by atoms with Crippen LogP contribution in [0.5, 0.6) is 0 Å². The molecule has 0 aromatic rings. The number of allylic oxidation sites excluding steroid dienone is 1. The predicted molar refractivity (Wildman–Crippen MR) is 36.3 cm³/mol. The summed E-state index contributed by atoms with van der Waals surface area (Å²) in [5.41, 5.74) is 0. The van der Waals surface area contributed by atoms with Crippen molar-refractivity contribution >= 4 is 25.3 Å². The van der Waals surface area contributed by atoms with Crippen LogP contribution in [0.25, 0.3) is 0 Å². The monoisotopic (exact) mass is 120 g/mol. The van der Waals surface area contributed by atoms with E-state index in [-0.39, 0.29) is 0 Å². The third kappa shape index (κ3) is 2.67. The standard InChI is InChI=1S/C4H8S2/c1-2-4(6)3-5/h3,5-6H,2H2,1H3/b4-3-. The Morgan fingerprint density at radius 3 is 2.33 bits per heavy atom. The Kier molecular flexibility index (Phi) is 3.89. The largest absolute Gasteiger partial charge is 0.151 e. The quantitative estimate of drug-likeness (QED) is 0.486. The Morgan fingerprint density at radius 1 is 1.83 bits per heavy atom. The second-order valence-electron chi connectivity index (χ2n) is 0.974. The maximum Gasteiger partial charge on any atom is -0.0127 e. The van der Waals surface area contributed by atoms with Crippen LogP contribution in [0, 0.1) is 0 Å². The van der Waals surface area contributed by atoms with E-state index < -0.39 is 0 Å². The Bertz CT molecular complexity index is 56.6. The fourth-order valence-corrected chi connectivity index (χ4v) is 0.274. The lowest BCUT2D eigenvalue weighted by Gasteiger charge is -1.83. The molecule has 0 amide bonds. The van der Waals surface area contributed by atoms with Crippen molar-refractivity contribution in [2.75, 3.05) is 0 Å². The van der Waals surface area contributed by atoms with Crippen LogP contribution in [0.15, 0.2) is 10.3 Å². The first-order valence-electron chi connectivity index (χ1n) is 1.83. The summed E-state index contributed by atoms with van der Waals surface area (Å²) in [5, 5.41) is 1.70. The zero-order valence-electron chi connectivity index (χ0n) is 3.68. The maximum atomic E-state index is 4.01. The van der Waals surface area contributed by atoms with Crippen molar-refractivity contribution in [2.45, 2.75) is 13.3 Å². The highest BCUT2D eigenvalue weighted by Gasteiger charge is 1.75. The summed E-state index contributed by atoms with van der Waals surface area (Å²) in [4.78, 5) is 1.03. The average molecular weight is 120 g/mol. The molecule has 0 saturated heterocycles. The van der Waals surface area contributed by atoms with E-state index in [0.29, 0.717) is 0 Å². The third-order valence-electron chi connectivity index (χ3n) is 0.511. The molecule has 0 unspecified atom stereocenters. The molecule has 0 nitrogen and oxygen atoms in total. The highest BCUT2D eigenvalue weighted by Crippen LogP contribution is 2.04. The minimum Gasteiger partial charge on any atom is -0.151 e. The molecular weight excluding hydrogens is 112 g/mol. The zero-order chi connectivity index (χ0) is 4.99. The molecule has 0 bridgehead atoms. The molecule has 0 heterocycles. The van der Waals surface area contributed by atoms with Gasteiger partial charge in [-0.05, 0) is 16.7 Å². The van der Waals surface area contributed by atoms with Gasteiger partial charge in [-0.15, -0.1) is 12.6 Å². The molecule has 6 heavy (non-hydrogen) atoms. The van der Waals surface area contributed by atoms with Crippen molar-refractivity contribution in [3.63, 3.8) is 0 Å².